The average molecular weight is 417 g/mol. The Morgan fingerprint density at radius 1 is 0.840 bits per heavy atom. The van der Waals surface area contributed by atoms with E-state index in [9.17, 15) is 0 Å². The molecule has 0 bridgehead atoms. The monoisotopic (exact) mass is 415 g/mol. The Labute approximate surface area is 161 Å². The molecule has 3 rings (SSSR count). The van der Waals surface area contributed by atoms with E-state index in [1.165, 1.54) is 5.56 Å². The van der Waals surface area contributed by atoms with E-state index in [4.69, 9.17) is 16.3 Å². The van der Waals surface area contributed by atoms with Gasteiger partial charge < -0.3 is 10.1 Å². The maximum atomic E-state index is 6.17. The second-order valence-electron chi connectivity index (χ2n) is 5.73. The first-order valence-corrected chi connectivity index (χ1v) is 9.29. The molecule has 0 aromatic heterocycles. The van der Waals surface area contributed by atoms with Crippen LogP contribution < -0.4 is 10.1 Å². The van der Waals surface area contributed by atoms with Crippen LogP contribution in [0.2, 0.25) is 5.02 Å². The van der Waals surface area contributed by atoms with Crippen molar-refractivity contribution in [3.63, 3.8) is 0 Å². The molecule has 0 saturated heterocycles. The highest BCUT2D eigenvalue weighted by Gasteiger charge is 2.04. The zero-order chi connectivity index (χ0) is 17.5. The minimum Gasteiger partial charge on any atom is -0.488 e. The summed E-state index contributed by atoms with van der Waals surface area (Å²) < 4.78 is 6.84. The van der Waals surface area contributed by atoms with Crippen LogP contribution in [0.15, 0.2) is 77.3 Å². The lowest BCUT2D eigenvalue weighted by atomic mass is 10.2. The zero-order valence-corrected chi connectivity index (χ0v) is 16.1. The summed E-state index contributed by atoms with van der Waals surface area (Å²) in [6, 6.07) is 24.2. The summed E-state index contributed by atoms with van der Waals surface area (Å²) in [4.78, 5) is 0. The average Bonchev–Trinajstić information content (AvgIpc) is 2.63. The molecule has 4 heteroatoms. The summed E-state index contributed by atoms with van der Waals surface area (Å²) >= 11 is 9.77. The molecule has 25 heavy (non-hydrogen) atoms. The number of benzene rings is 3. The Bertz CT molecular complexity index is 823. The lowest BCUT2D eigenvalue weighted by Gasteiger charge is -2.11. The molecule has 0 aliphatic heterocycles. The topological polar surface area (TPSA) is 21.3 Å². The van der Waals surface area contributed by atoms with Crippen LogP contribution in [0.4, 0.5) is 0 Å². The van der Waals surface area contributed by atoms with E-state index in [2.05, 4.69) is 45.5 Å². The van der Waals surface area contributed by atoms with Crippen molar-refractivity contribution in [1.29, 1.82) is 0 Å². The third kappa shape index (κ3) is 5.33. The smallest absolute Gasteiger partial charge is 0.134 e. The van der Waals surface area contributed by atoms with Crippen LogP contribution in [0.1, 0.15) is 16.7 Å². The van der Waals surface area contributed by atoms with Gasteiger partial charge in [-0.2, -0.15) is 0 Å². The van der Waals surface area contributed by atoms with Gasteiger partial charge in [-0.1, -0.05) is 66.2 Å². The van der Waals surface area contributed by atoms with Crippen molar-refractivity contribution in [3.8, 4) is 5.75 Å². The molecule has 2 nitrogen and oxygen atoms in total. The zero-order valence-electron chi connectivity index (χ0n) is 13.7. The van der Waals surface area contributed by atoms with Crippen LogP contribution in [-0.2, 0) is 19.7 Å². The number of hydrogen-bond acceptors (Lipinski definition) is 2. The van der Waals surface area contributed by atoms with Gasteiger partial charge in [0.1, 0.15) is 12.4 Å². The van der Waals surface area contributed by atoms with Crippen molar-refractivity contribution in [2.75, 3.05) is 0 Å². The molecule has 0 atom stereocenters. The van der Waals surface area contributed by atoms with Crippen LogP contribution >= 0.6 is 27.5 Å². The summed E-state index contributed by atoms with van der Waals surface area (Å²) in [6.07, 6.45) is 0. The number of nitrogens with one attached hydrogen (secondary N) is 1. The molecule has 0 unspecified atom stereocenters. The standard InChI is InChI=1S/C21H19BrClNO/c22-19-12-17(13-24-14-18-8-4-5-9-20(18)23)10-11-21(19)25-15-16-6-2-1-3-7-16/h1-12,24H,13-15H2. The molecule has 0 fully saturated rings. The molecule has 3 aromatic carbocycles. The third-order valence-electron chi connectivity index (χ3n) is 3.84. The van der Waals surface area contributed by atoms with Gasteiger partial charge in [0.05, 0.1) is 4.47 Å². The van der Waals surface area contributed by atoms with Crippen LogP contribution in [0.5, 0.6) is 5.75 Å². The van der Waals surface area contributed by atoms with E-state index >= 15 is 0 Å². The summed E-state index contributed by atoms with van der Waals surface area (Å²) in [6.45, 7) is 2.07. The molecule has 0 heterocycles. The summed E-state index contributed by atoms with van der Waals surface area (Å²) in [5.41, 5.74) is 3.44. The van der Waals surface area contributed by atoms with Crippen molar-refractivity contribution >= 4 is 27.5 Å². The fourth-order valence-corrected chi connectivity index (χ4v) is 3.23. The summed E-state index contributed by atoms with van der Waals surface area (Å²) in [5, 5.41) is 4.21. The minimum atomic E-state index is 0.559. The van der Waals surface area contributed by atoms with Gasteiger partial charge in [-0.05, 0) is 50.8 Å². The van der Waals surface area contributed by atoms with Crippen molar-refractivity contribution in [2.45, 2.75) is 19.7 Å². The highest BCUT2D eigenvalue weighted by atomic mass is 79.9. The first-order chi connectivity index (χ1) is 12.2. The van der Waals surface area contributed by atoms with Gasteiger partial charge >= 0.3 is 0 Å². The molecule has 0 radical (unpaired) electrons. The Morgan fingerprint density at radius 3 is 2.36 bits per heavy atom. The van der Waals surface area contributed by atoms with Crippen molar-refractivity contribution in [1.82, 2.24) is 5.32 Å². The quantitative estimate of drug-likeness (QED) is 0.512. The minimum absolute atomic E-state index is 0.559. The molecule has 3 aromatic rings. The van der Waals surface area contributed by atoms with Crippen molar-refractivity contribution < 1.29 is 4.74 Å². The highest BCUT2D eigenvalue weighted by molar-refractivity contribution is 9.10. The van der Waals surface area contributed by atoms with Crippen LogP contribution in [-0.4, -0.2) is 0 Å². The van der Waals surface area contributed by atoms with Crippen LogP contribution in [0.3, 0.4) is 0 Å². The highest BCUT2D eigenvalue weighted by Crippen LogP contribution is 2.27. The SMILES string of the molecule is Clc1ccccc1CNCc1ccc(OCc2ccccc2)c(Br)c1. The lowest BCUT2D eigenvalue weighted by molar-refractivity contribution is 0.304. The van der Waals surface area contributed by atoms with Gasteiger partial charge in [0.25, 0.3) is 0 Å². The van der Waals surface area contributed by atoms with Gasteiger partial charge in [0, 0.05) is 18.1 Å². The number of halogens is 2. The van der Waals surface area contributed by atoms with Gasteiger partial charge in [0.15, 0.2) is 0 Å². The van der Waals surface area contributed by atoms with E-state index in [0.29, 0.717) is 6.61 Å². The summed E-state index contributed by atoms with van der Waals surface area (Å²) in [5.74, 6) is 0.846. The fourth-order valence-electron chi connectivity index (χ4n) is 2.49. The molecule has 0 amide bonds. The van der Waals surface area contributed by atoms with E-state index in [0.717, 1.165) is 39.5 Å². The number of ether oxygens (including phenoxy) is 1. The molecular weight excluding hydrogens is 398 g/mol. The molecule has 1 N–H and O–H groups in total. The molecule has 0 aliphatic rings. The van der Waals surface area contributed by atoms with Crippen LogP contribution in [0, 0.1) is 0 Å². The predicted molar refractivity (Wildman–Crippen MR) is 107 cm³/mol. The normalized spacial score (nSPS) is 10.6. The van der Waals surface area contributed by atoms with Gasteiger partial charge in [-0.15, -0.1) is 0 Å². The number of hydrogen-bond donors (Lipinski definition) is 1. The molecule has 128 valence electrons. The molecule has 0 spiro atoms. The number of rotatable bonds is 7. The third-order valence-corrected chi connectivity index (χ3v) is 4.82. The van der Waals surface area contributed by atoms with Crippen molar-refractivity contribution in [2.24, 2.45) is 0 Å². The molecule has 0 saturated carbocycles. The second-order valence-corrected chi connectivity index (χ2v) is 7.00. The Hall–Kier alpha value is -1.81. The first-order valence-electron chi connectivity index (χ1n) is 8.11. The van der Waals surface area contributed by atoms with Gasteiger partial charge in [-0.3, -0.25) is 0 Å². The van der Waals surface area contributed by atoms with Gasteiger partial charge in [-0.25, -0.2) is 0 Å². The van der Waals surface area contributed by atoms with E-state index in [-0.39, 0.29) is 0 Å². The Balaban J connectivity index is 1.54. The second kappa shape index (κ2) is 9.04. The van der Waals surface area contributed by atoms with Crippen LogP contribution in [0.25, 0.3) is 0 Å². The van der Waals surface area contributed by atoms with E-state index < -0.39 is 0 Å². The maximum absolute atomic E-state index is 6.17. The fraction of sp³-hybridized carbons (Fsp3) is 0.143. The molecule has 0 aliphatic carbocycles. The van der Waals surface area contributed by atoms with Crippen molar-refractivity contribution in [3.05, 3.63) is 99.0 Å². The first kappa shape index (κ1) is 18.0. The lowest BCUT2D eigenvalue weighted by Crippen LogP contribution is -2.13. The Morgan fingerprint density at radius 2 is 1.60 bits per heavy atom. The summed E-state index contributed by atoms with van der Waals surface area (Å²) in [7, 11) is 0. The predicted octanol–water partition coefficient (Wildman–Crippen LogP) is 5.97. The molecular formula is C21H19BrClNO. The maximum Gasteiger partial charge on any atom is 0.134 e. The van der Waals surface area contributed by atoms with E-state index in [1.807, 2.05) is 48.5 Å². The largest absolute Gasteiger partial charge is 0.488 e. The van der Waals surface area contributed by atoms with E-state index in [1.54, 1.807) is 0 Å². The van der Waals surface area contributed by atoms with Gasteiger partial charge in [0.2, 0.25) is 0 Å². The Kier molecular flexibility index (Phi) is 6.51.